The van der Waals surface area contributed by atoms with E-state index in [1.165, 1.54) is 24.2 Å². The van der Waals surface area contributed by atoms with E-state index < -0.39 is 11.8 Å². The number of carbonyl (C=O) groups excluding carboxylic acids is 2. The van der Waals surface area contributed by atoms with Gasteiger partial charge in [0.2, 0.25) is 0 Å². The van der Waals surface area contributed by atoms with Crippen LogP contribution in [0.4, 0.5) is 0 Å². The lowest BCUT2D eigenvalue weighted by Gasteiger charge is -2.56. The van der Waals surface area contributed by atoms with E-state index in [0.29, 0.717) is 11.1 Å². The number of rotatable bonds is 5. The van der Waals surface area contributed by atoms with Gasteiger partial charge >= 0.3 is 0 Å². The second kappa shape index (κ2) is 9.41. The molecule has 4 aliphatic carbocycles. The molecule has 200 valence electrons. The molecule has 5 aliphatic rings. The largest absolute Gasteiger partial charge is 0.271 e. The van der Waals surface area contributed by atoms with Gasteiger partial charge in [-0.1, -0.05) is 24.3 Å². The van der Waals surface area contributed by atoms with Gasteiger partial charge in [0, 0.05) is 35.1 Å². The fraction of sp³-hybridized carbons (Fsp3) is 0.364. The van der Waals surface area contributed by atoms with Crippen LogP contribution >= 0.6 is 0 Å². The molecule has 2 aromatic heterocycles. The molecule has 0 spiro atoms. The van der Waals surface area contributed by atoms with E-state index >= 15 is 0 Å². The highest BCUT2D eigenvalue weighted by molar-refractivity contribution is 6.19. The highest BCUT2D eigenvalue weighted by atomic mass is 16.2. The molecule has 0 atom stereocenters. The van der Waals surface area contributed by atoms with Crippen LogP contribution in [-0.4, -0.2) is 31.5 Å². The van der Waals surface area contributed by atoms with E-state index in [1.807, 2.05) is 53.4 Å². The summed E-state index contributed by atoms with van der Waals surface area (Å²) in [4.78, 5) is 32.4. The van der Waals surface area contributed by atoms with E-state index in [0.717, 1.165) is 59.5 Å². The van der Waals surface area contributed by atoms with Crippen molar-refractivity contribution in [3.8, 4) is 11.8 Å². The Morgan fingerprint density at radius 1 is 1.00 bits per heavy atom. The van der Waals surface area contributed by atoms with Crippen LogP contribution < -0.4 is 0 Å². The first-order valence-electron chi connectivity index (χ1n) is 14.2. The molecule has 0 N–H and O–H groups in total. The van der Waals surface area contributed by atoms with Crippen LogP contribution in [0.2, 0.25) is 0 Å². The number of carbonyl (C=O) groups is 2. The first-order valence-corrected chi connectivity index (χ1v) is 14.2. The smallest absolute Gasteiger partial charge is 0.269 e. The van der Waals surface area contributed by atoms with Crippen LogP contribution in [0.5, 0.6) is 0 Å². The molecule has 4 saturated carbocycles. The van der Waals surface area contributed by atoms with Crippen molar-refractivity contribution in [3.05, 3.63) is 94.6 Å². The topological polar surface area (TPSA) is 91.9 Å². The van der Waals surface area contributed by atoms with Crippen molar-refractivity contribution in [2.75, 3.05) is 0 Å². The lowest BCUT2D eigenvalue weighted by Crippen LogP contribution is -2.49. The Morgan fingerprint density at radius 2 is 1.70 bits per heavy atom. The number of para-hydroxylation sites is 1. The maximum Gasteiger partial charge on any atom is 0.271 e. The van der Waals surface area contributed by atoms with E-state index in [-0.39, 0.29) is 17.5 Å². The van der Waals surface area contributed by atoms with Gasteiger partial charge in [0.15, 0.2) is 0 Å². The van der Waals surface area contributed by atoms with Crippen LogP contribution in [0.15, 0.2) is 77.8 Å². The van der Waals surface area contributed by atoms with Gasteiger partial charge in [0.1, 0.15) is 11.6 Å². The van der Waals surface area contributed by atoms with E-state index in [9.17, 15) is 14.9 Å². The summed E-state index contributed by atoms with van der Waals surface area (Å²) >= 11 is 0. The van der Waals surface area contributed by atoms with E-state index in [2.05, 4.69) is 11.1 Å². The third-order valence-electron chi connectivity index (χ3n) is 9.49. The van der Waals surface area contributed by atoms with Gasteiger partial charge in [0.05, 0.1) is 17.9 Å². The zero-order valence-corrected chi connectivity index (χ0v) is 22.6. The van der Waals surface area contributed by atoms with E-state index in [4.69, 9.17) is 5.10 Å². The van der Waals surface area contributed by atoms with Gasteiger partial charge in [0.25, 0.3) is 11.8 Å². The number of benzene rings is 1. The average molecular weight is 530 g/mol. The number of hydrogen-bond acceptors (Lipinski definition) is 5. The maximum atomic E-state index is 13.9. The molecule has 3 heterocycles. The lowest BCUT2D eigenvalue weighted by atomic mass is 9.48. The third-order valence-corrected chi connectivity index (χ3v) is 9.49. The van der Waals surface area contributed by atoms with Crippen LogP contribution in [0.25, 0.3) is 11.8 Å². The molecule has 7 nitrogen and oxygen atoms in total. The van der Waals surface area contributed by atoms with Crippen molar-refractivity contribution in [1.29, 1.82) is 5.26 Å². The average Bonchev–Trinajstić information content (AvgIpc) is 3.39. The molecule has 3 aromatic rings. The van der Waals surface area contributed by atoms with Crippen molar-refractivity contribution in [3.63, 3.8) is 0 Å². The second-order valence-corrected chi connectivity index (χ2v) is 12.1. The van der Waals surface area contributed by atoms with Crippen molar-refractivity contribution in [2.45, 2.75) is 57.4 Å². The Kier molecular flexibility index (Phi) is 5.81. The molecule has 2 amide bonds. The van der Waals surface area contributed by atoms with Crippen LogP contribution in [0, 0.1) is 29.1 Å². The minimum atomic E-state index is -0.563. The fourth-order valence-corrected chi connectivity index (χ4v) is 8.12. The van der Waals surface area contributed by atoms with Gasteiger partial charge in [-0.2, -0.15) is 10.4 Å². The summed E-state index contributed by atoms with van der Waals surface area (Å²) in [5.41, 5.74) is 4.45. The Labute approximate surface area is 233 Å². The van der Waals surface area contributed by atoms with Gasteiger partial charge < -0.3 is 0 Å². The summed E-state index contributed by atoms with van der Waals surface area (Å²) < 4.78 is 1.93. The fourth-order valence-electron chi connectivity index (χ4n) is 8.12. The van der Waals surface area contributed by atoms with E-state index in [1.54, 1.807) is 25.4 Å². The Bertz CT molecular complexity index is 1570. The first kappa shape index (κ1) is 24.7. The molecule has 4 fully saturated rings. The Hall–Kier alpha value is -4.31. The van der Waals surface area contributed by atoms with Crippen LogP contribution in [0.1, 0.15) is 62.3 Å². The van der Waals surface area contributed by atoms with Crippen LogP contribution in [0.3, 0.4) is 0 Å². The molecule has 40 heavy (non-hydrogen) atoms. The van der Waals surface area contributed by atoms with Crippen molar-refractivity contribution in [1.82, 2.24) is 19.7 Å². The summed E-state index contributed by atoms with van der Waals surface area (Å²) in [6.45, 7) is 1.76. The SMILES string of the molecule is CC1=C(C#N)C(=O)N(Cc2cccnc2)C(=O)/C1=C/c1cn(-c2ccccc2)nc1C12CC3CC(CC(C3)C1)C2. The van der Waals surface area contributed by atoms with Gasteiger partial charge in [-0.05, 0) is 98.6 Å². The lowest BCUT2D eigenvalue weighted by molar-refractivity contribution is -0.141. The molecule has 1 aromatic carbocycles. The number of pyridine rings is 1. The minimum Gasteiger partial charge on any atom is -0.269 e. The summed E-state index contributed by atoms with van der Waals surface area (Å²) in [6.07, 6.45) is 14.6. The molecule has 0 radical (unpaired) electrons. The predicted octanol–water partition coefficient (Wildman–Crippen LogP) is 5.53. The molecule has 0 unspecified atom stereocenters. The quantitative estimate of drug-likeness (QED) is 0.320. The van der Waals surface area contributed by atoms with Gasteiger partial charge in [-0.15, -0.1) is 0 Å². The standard InChI is InChI=1S/C33H31N5O2/c1-21-28(31(39)37(32(40)29(21)17-34)19-22-6-5-9-35-18-22)13-26-20-38(27-7-3-2-4-8-27)36-30(26)33-14-23-10-24(15-33)12-25(11-23)16-33/h2-9,13,18,20,23-25H,10-12,14-16,19H2,1H3/b28-13+. The number of nitriles is 1. The van der Waals surface area contributed by atoms with Crippen molar-refractivity contribution in [2.24, 2.45) is 17.8 Å². The van der Waals surface area contributed by atoms with Crippen molar-refractivity contribution < 1.29 is 9.59 Å². The summed E-state index contributed by atoms with van der Waals surface area (Å²) in [5, 5.41) is 15.1. The first-order chi connectivity index (χ1) is 19.4. The molecule has 8 rings (SSSR count). The zero-order valence-electron chi connectivity index (χ0n) is 22.6. The monoisotopic (exact) mass is 529 g/mol. The minimum absolute atomic E-state index is 0.000218. The highest BCUT2D eigenvalue weighted by Crippen LogP contribution is 2.61. The molecule has 0 saturated heterocycles. The number of hydrogen-bond donors (Lipinski definition) is 0. The molecule has 7 heteroatoms. The van der Waals surface area contributed by atoms with Gasteiger partial charge in [-0.25, -0.2) is 4.68 Å². The zero-order chi connectivity index (χ0) is 27.4. The van der Waals surface area contributed by atoms with Crippen LogP contribution in [-0.2, 0) is 21.5 Å². The molecular formula is C33H31N5O2. The third kappa shape index (κ3) is 4.02. The number of aromatic nitrogens is 3. The van der Waals surface area contributed by atoms with Gasteiger partial charge in [-0.3, -0.25) is 19.5 Å². The molecule has 4 bridgehead atoms. The summed E-state index contributed by atoms with van der Waals surface area (Å²) in [6, 6.07) is 15.7. The highest BCUT2D eigenvalue weighted by Gasteiger charge is 2.53. The number of nitrogens with zero attached hydrogens (tertiary/aromatic N) is 5. The molecule has 1 aliphatic heterocycles. The Morgan fingerprint density at radius 3 is 2.33 bits per heavy atom. The second-order valence-electron chi connectivity index (χ2n) is 12.1. The summed E-state index contributed by atoms with van der Waals surface area (Å²) in [7, 11) is 0. The normalized spacial score (nSPS) is 28.4. The predicted molar refractivity (Wildman–Crippen MR) is 149 cm³/mol. The Balaban J connectivity index is 1.36. The number of imide groups is 1. The number of amides is 2. The van der Waals surface area contributed by atoms with Crippen molar-refractivity contribution >= 4 is 17.9 Å². The maximum absolute atomic E-state index is 13.9. The molecular weight excluding hydrogens is 498 g/mol. The summed E-state index contributed by atoms with van der Waals surface area (Å²) in [5.74, 6) is 1.26.